The molecule has 0 aliphatic carbocycles. The highest BCUT2D eigenvalue weighted by Crippen LogP contribution is 2.28. The van der Waals surface area contributed by atoms with Gasteiger partial charge in [0.25, 0.3) is 5.91 Å². The molecule has 1 fully saturated rings. The lowest BCUT2D eigenvalue weighted by molar-refractivity contribution is -0.114. The molecule has 0 atom stereocenters. The minimum absolute atomic E-state index is 0.153. The van der Waals surface area contributed by atoms with Crippen LogP contribution < -0.4 is 10.6 Å². The molecule has 0 bridgehead atoms. The van der Waals surface area contributed by atoms with E-state index in [2.05, 4.69) is 20.5 Å². The summed E-state index contributed by atoms with van der Waals surface area (Å²) in [5.74, 6) is -0.311. The predicted molar refractivity (Wildman–Crippen MR) is 114 cm³/mol. The summed E-state index contributed by atoms with van der Waals surface area (Å²) >= 11 is 1.37. The van der Waals surface area contributed by atoms with Crippen molar-refractivity contribution in [3.63, 3.8) is 0 Å². The van der Waals surface area contributed by atoms with Crippen LogP contribution in [-0.2, 0) is 16.1 Å². The summed E-state index contributed by atoms with van der Waals surface area (Å²) in [6.45, 7) is 5.58. The molecule has 1 aliphatic rings. The Morgan fingerprint density at radius 2 is 1.97 bits per heavy atom. The van der Waals surface area contributed by atoms with E-state index in [-0.39, 0.29) is 11.8 Å². The molecule has 2 aromatic carbocycles. The maximum absolute atomic E-state index is 12.7. The quantitative estimate of drug-likeness (QED) is 0.674. The second kappa shape index (κ2) is 8.69. The smallest absolute Gasteiger partial charge is 0.255 e. The lowest BCUT2D eigenvalue weighted by Gasteiger charge is -2.26. The average Bonchev–Trinajstić information content (AvgIpc) is 3.09. The molecule has 0 saturated carbocycles. The van der Waals surface area contributed by atoms with Crippen LogP contribution >= 0.6 is 11.3 Å². The van der Waals surface area contributed by atoms with Crippen LogP contribution in [0.25, 0.3) is 10.2 Å². The summed E-state index contributed by atoms with van der Waals surface area (Å²) in [7, 11) is 0. The Bertz CT molecular complexity index is 1040. The van der Waals surface area contributed by atoms with Crippen LogP contribution in [0.4, 0.5) is 10.8 Å². The number of hydrogen-bond donors (Lipinski definition) is 2. The van der Waals surface area contributed by atoms with Gasteiger partial charge in [-0.1, -0.05) is 23.5 Å². The molecule has 0 radical (unpaired) electrons. The van der Waals surface area contributed by atoms with Gasteiger partial charge in [0.2, 0.25) is 5.91 Å². The van der Waals surface area contributed by atoms with Crippen LogP contribution in [0.2, 0.25) is 0 Å². The van der Waals surface area contributed by atoms with Crippen molar-refractivity contribution in [2.24, 2.45) is 0 Å². The summed E-state index contributed by atoms with van der Waals surface area (Å²) in [5, 5.41) is 6.19. The Morgan fingerprint density at radius 1 is 1.14 bits per heavy atom. The van der Waals surface area contributed by atoms with Crippen LogP contribution in [0, 0.1) is 0 Å². The number of carbonyl (C=O) groups is 2. The number of thiazole rings is 1. The summed E-state index contributed by atoms with van der Waals surface area (Å²) in [6, 6.07) is 13.2. The predicted octanol–water partition coefficient (Wildman–Crippen LogP) is 3.34. The Hall–Kier alpha value is -2.81. The molecule has 3 aromatic rings. The molecule has 150 valence electrons. The molecule has 8 heteroatoms. The fourth-order valence-corrected chi connectivity index (χ4v) is 4.19. The van der Waals surface area contributed by atoms with E-state index in [1.807, 2.05) is 42.5 Å². The number of aromatic nitrogens is 1. The van der Waals surface area contributed by atoms with E-state index in [4.69, 9.17) is 4.74 Å². The maximum Gasteiger partial charge on any atom is 0.255 e. The van der Waals surface area contributed by atoms with Crippen molar-refractivity contribution >= 4 is 44.2 Å². The minimum atomic E-state index is -0.158. The highest BCUT2D eigenvalue weighted by atomic mass is 32.1. The zero-order chi connectivity index (χ0) is 20.2. The number of morpholine rings is 1. The Labute approximate surface area is 172 Å². The van der Waals surface area contributed by atoms with Crippen molar-refractivity contribution in [3.05, 3.63) is 53.6 Å². The van der Waals surface area contributed by atoms with Crippen LogP contribution in [0.1, 0.15) is 22.8 Å². The van der Waals surface area contributed by atoms with Crippen molar-refractivity contribution in [2.75, 3.05) is 36.9 Å². The number of anilines is 2. The Morgan fingerprint density at radius 3 is 2.76 bits per heavy atom. The molecule has 29 heavy (non-hydrogen) atoms. The number of benzene rings is 2. The fraction of sp³-hybridized carbons (Fsp3) is 0.286. The highest BCUT2D eigenvalue weighted by Gasteiger charge is 2.13. The van der Waals surface area contributed by atoms with Gasteiger partial charge >= 0.3 is 0 Å². The molecule has 1 aliphatic heterocycles. The number of ether oxygens (including phenoxy) is 1. The molecule has 2 amide bonds. The molecule has 1 saturated heterocycles. The van der Waals surface area contributed by atoms with Gasteiger partial charge in [-0.05, 0) is 35.9 Å². The third-order valence-electron chi connectivity index (χ3n) is 4.63. The standard InChI is InChI=1S/C21H22N4O3S/c1-14(26)22-21-24-18-6-5-17(12-19(18)29-21)23-20(27)16-4-2-3-15(11-16)13-25-7-9-28-10-8-25/h2-6,11-12H,7-10,13H2,1H3,(H,23,27)(H,22,24,26). The number of nitrogens with zero attached hydrogens (tertiary/aromatic N) is 2. The molecule has 0 unspecified atom stereocenters. The minimum Gasteiger partial charge on any atom is -0.379 e. The van der Waals surface area contributed by atoms with Crippen molar-refractivity contribution < 1.29 is 14.3 Å². The molecular weight excluding hydrogens is 388 g/mol. The Balaban J connectivity index is 1.45. The van der Waals surface area contributed by atoms with Crippen LogP contribution in [0.5, 0.6) is 0 Å². The van der Waals surface area contributed by atoms with Gasteiger partial charge in [0.1, 0.15) is 0 Å². The highest BCUT2D eigenvalue weighted by molar-refractivity contribution is 7.22. The number of hydrogen-bond acceptors (Lipinski definition) is 6. The molecule has 4 rings (SSSR count). The number of carbonyl (C=O) groups excluding carboxylic acids is 2. The topological polar surface area (TPSA) is 83.6 Å². The first-order chi connectivity index (χ1) is 14.1. The van der Waals surface area contributed by atoms with E-state index in [0.29, 0.717) is 16.4 Å². The molecule has 1 aromatic heterocycles. The average molecular weight is 410 g/mol. The second-order valence-corrected chi connectivity index (χ2v) is 7.96. The molecular formula is C21H22N4O3S. The van der Waals surface area contributed by atoms with Crippen molar-refractivity contribution in [1.82, 2.24) is 9.88 Å². The third kappa shape index (κ3) is 4.97. The van der Waals surface area contributed by atoms with Gasteiger partial charge in [-0.25, -0.2) is 4.98 Å². The SMILES string of the molecule is CC(=O)Nc1nc2ccc(NC(=O)c3cccc(CN4CCOCC4)c3)cc2s1. The van der Waals surface area contributed by atoms with Crippen LogP contribution in [0.15, 0.2) is 42.5 Å². The first-order valence-electron chi connectivity index (χ1n) is 9.45. The summed E-state index contributed by atoms with van der Waals surface area (Å²) in [6.07, 6.45) is 0. The van der Waals surface area contributed by atoms with E-state index in [1.165, 1.54) is 18.3 Å². The molecule has 0 spiro atoms. The van der Waals surface area contributed by atoms with Crippen LogP contribution in [-0.4, -0.2) is 48.0 Å². The maximum atomic E-state index is 12.7. The van der Waals surface area contributed by atoms with Gasteiger partial charge in [0, 0.05) is 37.8 Å². The van der Waals surface area contributed by atoms with Gasteiger partial charge in [-0.2, -0.15) is 0 Å². The van der Waals surface area contributed by atoms with Gasteiger partial charge in [0.15, 0.2) is 5.13 Å². The summed E-state index contributed by atoms with van der Waals surface area (Å²) in [4.78, 5) is 30.6. The first-order valence-corrected chi connectivity index (χ1v) is 10.3. The van der Waals surface area contributed by atoms with E-state index in [0.717, 1.165) is 48.6 Å². The molecule has 2 N–H and O–H groups in total. The van der Waals surface area contributed by atoms with E-state index >= 15 is 0 Å². The lowest BCUT2D eigenvalue weighted by Crippen LogP contribution is -2.35. The second-order valence-electron chi connectivity index (χ2n) is 6.93. The normalized spacial score (nSPS) is 14.7. The van der Waals surface area contributed by atoms with Gasteiger partial charge < -0.3 is 15.4 Å². The van der Waals surface area contributed by atoms with E-state index < -0.39 is 0 Å². The number of fused-ring (bicyclic) bond motifs is 1. The monoisotopic (exact) mass is 410 g/mol. The molecule has 2 heterocycles. The van der Waals surface area contributed by atoms with Crippen molar-refractivity contribution in [3.8, 4) is 0 Å². The van der Waals surface area contributed by atoms with E-state index in [9.17, 15) is 9.59 Å². The van der Waals surface area contributed by atoms with E-state index in [1.54, 1.807) is 0 Å². The third-order valence-corrected chi connectivity index (χ3v) is 5.56. The number of amides is 2. The zero-order valence-electron chi connectivity index (χ0n) is 16.1. The lowest BCUT2D eigenvalue weighted by atomic mass is 10.1. The van der Waals surface area contributed by atoms with Crippen molar-refractivity contribution in [1.29, 1.82) is 0 Å². The van der Waals surface area contributed by atoms with Gasteiger partial charge in [-0.3, -0.25) is 14.5 Å². The van der Waals surface area contributed by atoms with Gasteiger partial charge in [0.05, 0.1) is 23.4 Å². The Kier molecular flexibility index (Phi) is 5.84. The largest absolute Gasteiger partial charge is 0.379 e. The summed E-state index contributed by atoms with van der Waals surface area (Å²) in [5.41, 5.74) is 3.21. The zero-order valence-corrected chi connectivity index (χ0v) is 16.9. The summed E-state index contributed by atoms with van der Waals surface area (Å²) < 4.78 is 6.28. The first kappa shape index (κ1) is 19.5. The van der Waals surface area contributed by atoms with Crippen molar-refractivity contribution in [2.45, 2.75) is 13.5 Å². The number of rotatable bonds is 5. The van der Waals surface area contributed by atoms with Gasteiger partial charge in [-0.15, -0.1) is 0 Å². The van der Waals surface area contributed by atoms with Crippen LogP contribution in [0.3, 0.4) is 0 Å². The fourth-order valence-electron chi connectivity index (χ4n) is 3.24. The number of nitrogens with one attached hydrogen (secondary N) is 2. The molecule has 7 nitrogen and oxygen atoms in total.